The van der Waals surface area contributed by atoms with Crippen molar-refractivity contribution < 1.29 is 18.4 Å². The zero-order valence-corrected chi connectivity index (χ0v) is 13.2. The highest BCUT2D eigenvalue weighted by molar-refractivity contribution is 7.89. The Bertz CT molecular complexity index is 631. The number of nitrogens with one attached hydrogen (secondary N) is 1. The summed E-state index contributed by atoms with van der Waals surface area (Å²) >= 11 is 5.79. The minimum absolute atomic E-state index is 0.122. The summed E-state index contributed by atoms with van der Waals surface area (Å²) in [5, 5.41) is 20.5. The fraction of sp³-hybridized carbons (Fsp3) is 0.500. The van der Waals surface area contributed by atoms with E-state index in [2.05, 4.69) is 4.72 Å². The second kappa shape index (κ2) is 6.69. The Balaban J connectivity index is 3.03. The number of benzene rings is 1. The van der Waals surface area contributed by atoms with E-state index in [-0.39, 0.29) is 22.2 Å². The lowest BCUT2D eigenvalue weighted by Crippen LogP contribution is -2.40. The monoisotopic (exact) mass is 336 g/mol. The van der Waals surface area contributed by atoms with E-state index < -0.39 is 20.5 Å². The lowest BCUT2D eigenvalue weighted by atomic mass is 10.0. The zero-order chi connectivity index (χ0) is 16.3. The molecule has 9 heteroatoms. The van der Waals surface area contributed by atoms with Crippen LogP contribution in [0.15, 0.2) is 23.1 Å². The Labute approximate surface area is 128 Å². The average Bonchev–Trinajstić information content (AvgIpc) is 2.36. The maximum Gasteiger partial charge on any atom is 0.270 e. The topological polar surface area (TPSA) is 110 Å². The molecule has 0 aliphatic carbocycles. The van der Waals surface area contributed by atoms with Crippen LogP contribution in [-0.4, -0.2) is 30.6 Å². The number of nitro groups is 1. The first-order chi connectivity index (χ1) is 9.59. The molecule has 118 valence electrons. The molecule has 1 atom stereocenters. The standard InChI is InChI=1S/C12H17ClN2O5S/c1-3-6-12(2,16)8-14-21(19,20)11-7-9(15(17)18)4-5-10(11)13/h4-5,7,14,16H,3,6,8H2,1-2H3. The fourth-order valence-corrected chi connectivity index (χ4v) is 3.45. The van der Waals surface area contributed by atoms with Crippen molar-refractivity contribution in [1.29, 1.82) is 0 Å². The van der Waals surface area contributed by atoms with Crippen LogP contribution in [0.5, 0.6) is 0 Å². The number of nitrogens with zero attached hydrogens (tertiary/aromatic N) is 1. The molecule has 0 aliphatic rings. The Morgan fingerprint density at radius 2 is 2.10 bits per heavy atom. The van der Waals surface area contributed by atoms with Crippen molar-refractivity contribution in [3.63, 3.8) is 0 Å². The van der Waals surface area contributed by atoms with Crippen LogP contribution >= 0.6 is 11.6 Å². The van der Waals surface area contributed by atoms with Gasteiger partial charge in [-0.25, -0.2) is 13.1 Å². The van der Waals surface area contributed by atoms with Gasteiger partial charge in [-0.15, -0.1) is 0 Å². The Kier molecular flexibility index (Phi) is 5.68. The van der Waals surface area contributed by atoms with E-state index in [9.17, 15) is 23.6 Å². The lowest BCUT2D eigenvalue weighted by Gasteiger charge is -2.23. The van der Waals surface area contributed by atoms with E-state index in [0.717, 1.165) is 18.2 Å². The molecular formula is C12H17ClN2O5S. The van der Waals surface area contributed by atoms with Crippen molar-refractivity contribution in [1.82, 2.24) is 4.72 Å². The predicted octanol–water partition coefficient (Wildman–Crippen LogP) is 2.08. The molecule has 2 N–H and O–H groups in total. The van der Waals surface area contributed by atoms with Crippen LogP contribution < -0.4 is 4.72 Å². The molecule has 21 heavy (non-hydrogen) atoms. The number of aliphatic hydroxyl groups is 1. The van der Waals surface area contributed by atoms with Gasteiger partial charge >= 0.3 is 0 Å². The van der Waals surface area contributed by atoms with Crippen molar-refractivity contribution in [3.8, 4) is 0 Å². The average molecular weight is 337 g/mol. The number of halogens is 1. The molecule has 0 bridgehead atoms. The van der Waals surface area contributed by atoms with Crippen molar-refractivity contribution in [2.45, 2.75) is 37.2 Å². The fourth-order valence-electron chi connectivity index (χ4n) is 1.77. The van der Waals surface area contributed by atoms with Gasteiger partial charge in [-0.2, -0.15) is 0 Å². The third kappa shape index (κ3) is 4.92. The molecule has 0 saturated heterocycles. The number of hydrogen-bond donors (Lipinski definition) is 2. The summed E-state index contributed by atoms with van der Waals surface area (Å²) in [6, 6.07) is 3.16. The van der Waals surface area contributed by atoms with E-state index in [1.54, 1.807) is 0 Å². The van der Waals surface area contributed by atoms with Crippen molar-refractivity contribution in [3.05, 3.63) is 33.3 Å². The highest BCUT2D eigenvalue weighted by Gasteiger charge is 2.26. The number of hydrogen-bond acceptors (Lipinski definition) is 5. The molecule has 1 aromatic rings. The largest absolute Gasteiger partial charge is 0.389 e. The van der Waals surface area contributed by atoms with Gasteiger partial charge in [0, 0.05) is 18.7 Å². The highest BCUT2D eigenvalue weighted by atomic mass is 35.5. The summed E-state index contributed by atoms with van der Waals surface area (Å²) in [5.41, 5.74) is -1.57. The van der Waals surface area contributed by atoms with Gasteiger partial charge in [0.25, 0.3) is 5.69 Å². The number of non-ortho nitro benzene ring substituents is 1. The highest BCUT2D eigenvalue weighted by Crippen LogP contribution is 2.26. The molecule has 0 aliphatic heterocycles. The van der Waals surface area contributed by atoms with Gasteiger partial charge in [0.15, 0.2) is 0 Å². The van der Waals surface area contributed by atoms with Gasteiger partial charge in [-0.3, -0.25) is 10.1 Å². The van der Waals surface area contributed by atoms with Crippen LogP contribution in [-0.2, 0) is 10.0 Å². The molecule has 0 amide bonds. The Morgan fingerprint density at radius 1 is 1.48 bits per heavy atom. The second-order valence-corrected chi connectivity index (χ2v) is 7.09. The molecule has 0 saturated carbocycles. The van der Waals surface area contributed by atoms with Gasteiger partial charge < -0.3 is 5.11 Å². The molecule has 1 aromatic carbocycles. The molecule has 0 aromatic heterocycles. The first-order valence-electron chi connectivity index (χ1n) is 6.25. The summed E-state index contributed by atoms with van der Waals surface area (Å²) in [6.07, 6.45) is 1.10. The van der Waals surface area contributed by atoms with Crippen molar-refractivity contribution in [2.24, 2.45) is 0 Å². The molecule has 0 heterocycles. The van der Waals surface area contributed by atoms with Crippen LogP contribution in [0.1, 0.15) is 26.7 Å². The maximum absolute atomic E-state index is 12.1. The van der Waals surface area contributed by atoms with Gasteiger partial charge in [-0.1, -0.05) is 24.9 Å². The third-order valence-electron chi connectivity index (χ3n) is 2.85. The van der Waals surface area contributed by atoms with Gasteiger partial charge in [0.2, 0.25) is 10.0 Å². The summed E-state index contributed by atoms with van der Waals surface area (Å²) in [5.74, 6) is 0. The van der Waals surface area contributed by atoms with Gasteiger partial charge in [-0.05, 0) is 19.4 Å². The molecule has 1 unspecified atom stereocenters. The van der Waals surface area contributed by atoms with Crippen molar-refractivity contribution >= 4 is 27.3 Å². The van der Waals surface area contributed by atoms with E-state index in [1.807, 2.05) is 6.92 Å². The number of rotatable bonds is 7. The molecule has 0 fully saturated rings. The Hall–Kier alpha value is -1.22. The van der Waals surface area contributed by atoms with E-state index in [0.29, 0.717) is 12.8 Å². The Morgan fingerprint density at radius 3 is 2.62 bits per heavy atom. The van der Waals surface area contributed by atoms with E-state index in [1.165, 1.54) is 6.92 Å². The minimum atomic E-state index is -4.04. The summed E-state index contributed by atoms with van der Waals surface area (Å²) in [7, 11) is -4.04. The zero-order valence-electron chi connectivity index (χ0n) is 11.7. The number of sulfonamides is 1. The molecule has 0 spiro atoms. The quantitative estimate of drug-likeness (QED) is 0.585. The van der Waals surface area contributed by atoms with Crippen LogP contribution in [0.2, 0.25) is 5.02 Å². The smallest absolute Gasteiger partial charge is 0.270 e. The van der Waals surface area contributed by atoms with E-state index in [4.69, 9.17) is 11.6 Å². The normalized spacial score (nSPS) is 14.7. The SMILES string of the molecule is CCCC(C)(O)CNS(=O)(=O)c1cc([N+](=O)[O-])ccc1Cl. The molecule has 0 radical (unpaired) electrons. The van der Waals surface area contributed by atoms with Crippen LogP contribution in [0.3, 0.4) is 0 Å². The third-order valence-corrected chi connectivity index (χ3v) is 4.73. The first-order valence-corrected chi connectivity index (χ1v) is 8.11. The predicted molar refractivity (Wildman–Crippen MR) is 78.8 cm³/mol. The summed E-state index contributed by atoms with van der Waals surface area (Å²) in [6.45, 7) is 3.16. The maximum atomic E-state index is 12.1. The van der Waals surface area contributed by atoms with Crippen LogP contribution in [0.25, 0.3) is 0 Å². The first kappa shape index (κ1) is 17.8. The molecule has 7 nitrogen and oxygen atoms in total. The summed E-state index contributed by atoms with van der Waals surface area (Å²) < 4.78 is 26.5. The van der Waals surface area contributed by atoms with Crippen LogP contribution in [0, 0.1) is 10.1 Å². The molecular weight excluding hydrogens is 320 g/mol. The van der Waals surface area contributed by atoms with Gasteiger partial charge in [0.05, 0.1) is 15.5 Å². The lowest BCUT2D eigenvalue weighted by molar-refractivity contribution is -0.385. The minimum Gasteiger partial charge on any atom is -0.389 e. The van der Waals surface area contributed by atoms with E-state index >= 15 is 0 Å². The van der Waals surface area contributed by atoms with Crippen LogP contribution in [0.4, 0.5) is 5.69 Å². The molecule has 1 rings (SSSR count). The van der Waals surface area contributed by atoms with Crippen molar-refractivity contribution in [2.75, 3.05) is 6.54 Å². The summed E-state index contributed by atoms with van der Waals surface area (Å²) in [4.78, 5) is 9.61. The number of nitro benzene ring substituents is 1. The second-order valence-electron chi connectivity index (χ2n) is 4.94. The van der Waals surface area contributed by atoms with Gasteiger partial charge in [0.1, 0.15) is 4.90 Å².